The second-order valence-corrected chi connectivity index (χ2v) is 6.53. The summed E-state index contributed by atoms with van der Waals surface area (Å²) in [6, 6.07) is 5.53. The number of hydrogen-bond acceptors (Lipinski definition) is 5. The standard InChI is InChI=1S/C13H19NO5S/c1-10(15)8-9-14(2)20(17,18)12-6-4-11(5-7-12)13(16)19-3/h4-7,10,15H,8-9H2,1-3H3. The fourth-order valence-corrected chi connectivity index (χ4v) is 2.74. The van der Waals surface area contributed by atoms with Crippen molar-refractivity contribution in [2.45, 2.75) is 24.3 Å². The average molecular weight is 301 g/mol. The van der Waals surface area contributed by atoms with Crippen LogP contribution >= 0.6 is 0 Å². The average Bonchev–Trinajstić information content (AvgIpc) is 2.43. The number of sulfonamides is 1. The normalized spacial score (nSPS) is 13.2. The molecule has 0 aliphatic rings. The van der Waals surface area contributed by atoms with Crippen LogP contribution in [0.3, 0.4) is 0 Å². The number of esters is 1. The van der Waals surface area contributed by atoms with Gasteiger partial charge in [-0.3, -0.25) is 0 Å². The highest BCUT2D eigenvalue weighted by molar-refractivity contribution is 7.89. The molecule has 0 saturated carbocycles. The van der Waals surface area contributed by atoms with E-state index in [0.717, 1.165) is 0 Å². The van der Waals surface area contributed by atoms with Gasteiger partial charge in [0.15, 0.2) is 0 Å². The first kappa shape index (κ1) is 16.6. The Morgan fingerprint density at radius 3 is 2.35 bits per heavy atom. The lowest BCUT2D eigenvalue weighted by atomic mass is 10.2. The number of hydrogen-bond donors (Lipinski definition) is 1. The topological polar surface area (TPSA) is 83.9 Å². The summed E-state index contributed by atoms with van der Waals surface area (Å²) in [7, 11) is -0.903. The highest BCUT2D eigenvalue weighted by atomic mass is 32.2. The highest BCUT2D eigenvalue weighted by Crippen LogP contribution is 2.16. The van der Waals surface area contributed by atoms with Gasteiger partial charge in [0.25, 0.3) is 0 Å². The summed E-state index contributed by atoms with van der Waals surface area (Å²) >= 11 is 0. The molecular weight excluding hydrogens is 282 g/mol. The number of carbonyl (C=O) groups excluding carboxylic acids is 1. The van der Waals surface area contributed by atoms with Gasteiger partial charge in [0, 0.05) is 13.6 Å². The number of carbonyl (C=O) groups is 1. The maximum absolute atomic E-state index is 12.2. The predicted molar refractivity (Wildman–Crippen MR) is 73.9 cm³/mol. The molecule has 0 heterocycles. The Balaban J connectivity index is 2.90. The van der Waals surface area contributed by atoms with E-state index < -0.39 is 22.1 Å². The lowest BCUT2D eigenvalue weighted by Gasteiger charge is -2.18. The minimum Gasteiger partial charge on any atom is -0.465 e. The fourth-order valence-electron chi connectivity index (χ4n) is 1.55. The number of aliphatic hydroxyl groups is 1. The van der Waals surface area contributed by atoms with Crippen molar-refractivity contribution < 1.29 is 23.1 Å². The Bertz CT molecular complexity index is 551. The van der Waals surface area contributed by atoms with Crippen LogP contribution in [0.25, 0.3) is 0 Å². The molecule has 1 N–H and O–H groups in total. The van der Waals surface area contributed by atoms with Gasteiger partial charge < -0.3 is 9.84 Å². The van der Waals surface area contributed by atoms with Crippen LogP contribution in [-0.2, 0) is 14.8 Å². The van der Waals surface area contributed by atoms with Crippen molar-refractivity contribution in [1.29, 1.82) is 0 Å². The largest absolute Gasteiger partial charge is 0.465 e. The SMILES string of the molecule is COC(=O)c1ccc(S(=O)(=O)N(C)CCC(C)O)cc1. The zero-order valence-corrected chi connectivity index (χ0v) is 12.6. The van der Waals surface area contributed by atoms with E-state index in [-0.39, 0.29) is 17.0 Å². The monoisotopic (exact) mass is 301 g/mol. The first-order chi connectivity index (χ1) is 9.28. The summed E-state index contributed by atoms with van der Waals surface area (Å²) in [5, 5.41) is 9.19. The van der Waals surface area contributed by atoms with Gasteiger partial charge in [-0.15, -0.1) is 0 Å². The third-order valence-corrected chi connectivity index (χ3v) is 4.72. The lowest BCUT2D eigenvalue weighted by molar-refractivity contribution is 0.0600. The quantitative estimate of drug-likeness (QED) is 0.788. The van der Waals surface area contributed by atoms with Gasteiger partial charge in [0.05, 0.1) is 23.7 Å². The van der Waals surface area contributed by atoms with E-state index in [9.17, 15) is 18.3 Å². The molecular formula is C13H19NO5S. The first-order valence-electron chi connectivity index (χ1n) is 6.12. The molecule has 0 aromatic heterocycles. The van der Waals surface area contributed by atoms with E-state index in [0.29, 0.717) is 6.42 Å². The zero-order valence-electron chi connectivity index (χ0n) is 11.7. The van der Waals surface area contributed by atoms with Gasteiger partial charge in [-0.1, -0.05) is 0 Å². The third-order valence-electron chi connectivity index (χ3n) is 2.85. The van der Waals surface area contributed by atoms with Gasteiger partial charge in [0.2, 0.25) is 10.0 Å². The number of aliphatic hydroxyl groups excluding tert-OH is 1. The van der Waals surface area contributed by atoms with Crippen molar-refractivity contribution in [1.82, 2.24) is 4.31 Å². The van der Waals surface area contributed by atoms with E-state index in [1.807, 2.05) is 0 Å². The molecule has 112 valence electrons. The van der Waals surface area contributed by atoms with E-state index in [4.69, 9.17) is 0 Å². The van der Waals surface area contributed by atoms with E-state index in [1.165, 1.54) is 42.7 Å². The smallest absolute Gasteiger partial charge is 0.337 e. The molecule has 0 spiro atoms. The molecule has 0 fully saturated rings. The van der Waals surface area contributed by atoms with Gasteiger partial charge >= 0.3 is 5.97 Å². The summed E-state index contributed by atoms with van der Waals surface area (Å²) in [5.74, 6) is -0.517. The molecule has 0 saturated heterocycles. The van der Waals surface area contributed by atoms with Crippen LogP contribution in [0.5, 0.6) is 0 Å². The van der Waals surface area contributed by atoms with Crippen molar-refractivity contribution in [3.8, 4) is 0 Å². The number of rotatable bonds is 6. The summed E-state index contributed by atoms with van der Waals surface area (Å²) in [6.45, 7) is 1.82. The number of methoxy groups -OCH3 is 1. The Labute approximate surface area is 119 Å². The highest BCUT2D eigenvalue weighted by Gasteiger charge is 2.21. The molecule has 0 radical (unpaired) electrons. The van der Waals surface area contributed by atoms with Crippen LogP contribution in [0.1, 0.15) is 23.7 Å². The van der Waals surface area contributed by atoms with Crippen molar-refractivity contribution in [2.24, 2.45) is 0 Å². The first-order valence-corrected chi connectivity index (χ1v) is 7.56. The van der Waals surface area contributed by atoms with Crippen LogP contribution in [0.4, 0.5) is 0 Å². The van der Waals surface area contributed by atoms with Gasteiger partial charge in [0.1, 0.15) is 0 Å². The lowest BCUT2D eigenvalue weighted by Crippen LogP contribution is -2.29. The second-order valence-electron chi connectivity index (χ2n) is 4.48. The Hall–Kier alpha value is -1.44. The van der Waals surface area contributed by atoms with Crippen molar-refractivity contribution in [2.75, 3.05) is 20.7 Å². The third kappa shape index (κ3) is 4.03. The van der Waals surface area contributed by atoms with Crippen LogP contribution in [-0.4, -0.2) is 50.6 Å². The Morgan fingerprint density at radius 1 is 1.35 bits per heavy atom. The fraction of sp³-hybridized carbons (Fsp3) is 0.462. The summed E-state index contributed by atoms with van der Waals surface area (Å²) in [6.07, 6.45) is -0.204. The maximum atomic E-state index is 12.2. The van der Waals surface area contributed by atoms with Crippen LogP contribution < -0.4 is 0 Å². The summed E-state index contributed by atoms with van der Waals surface area (Å²) in [5.41, 5.74) is 0.290. The van der Waals surface area contributed by atoms with E-state index >= 15 is 0 Å². The van der Waals surface area contributed by atoms with Crippen molar-refractivity contribution in [3.63, 3.8) is 0 Å². The Kier molecular flexibility index (Phi) is 5.67. The van der Waals surface area contributed by atoms with Gasteiger partial charge in [-0.2, -0.15) is 0 Å². The van der Waals surface area contributed by atoms with Gasteiger partial charge in [-0.25, -0.2) is 17.5 Å². The molecule has 0 aliphatic heterocycles. The molecule has 20 heavy (non-hydrogen) atoms. The molecule has 0 amide bonds. The molecule has 1 aromatic rings. The van der Waals surface area contributed by atoms with E-state index in [2.05, 4.69) is 4.74 Å². The van der Waals surface area contributed by atoms with Crippen molar-refractivity contribution >= 4 is 16.0 Å². The maximum Gasteiger partial charge on any atom is 0.337 e. The minimum absolute atomic E-state index is 0.0956. The molecule has 1 aromatic carbocycles. The number of nitrogens with zero attached hydrogens (tertiary/aromatic N) is 1. The van der Waals surface area contributed by atoms with Crippen LogP contribution in [0.15, 0.2) is 29.2 Å². The molecule has 7 heteroatoms. The number of ether oxygens (including phenoxy) is 1. The summed E-state index contributed by atoms with van der Waals surface area (Å²) < 4.78 is 30.2. The Morgan fingerprint density at radius 2 is 1.90 bits per heavy atom. The minimum atomic E-state index is -3.61. The van der Waals surface area contributed by atoms with Crippen LogP contribution in [0, 0.1) is 0 Å². The zero-order chi connectivity index (χ0) is 15.3. The molecule has 0 bridgehead atoms. The molecule has 1 rings (SSSR count). The summed E-state index contributed by atoms with van der Waals surface area (Å²) in [4.78, 5) is 11.4. The predicted octanol–water partition coefficient (Wildman–Crippen LogP) is 0.865. The van der Waals surface area contributed by atoms with Crippen molar-refractivity contribution in [3.05, 3.63) is 29.8 Å². The van der Waals surface area contributed by atoms with Gasteiger partial charge in [-0.05, 0) is 37.6 Å². The molecule has 1 unspecified atom stereocenters. The molecule has 6 nitrogen and oxygen atoms in total. The van der Waals surface area contributed by atoms with E-state index in [1.54, 1.807) is 6.92 Å². The van der Waals surface area contributed by atoms with Crippen LogP contribution in [0.2, 0.25) is 0 Å². The second kappa shape index (κ2) is 6.83. The molecule has 1 atom stereocenters. The molecule has 0 aliphatic carbocycles. The number of benzene rings is 1.